The molecule has 0 aliphatic carbocycles. The lowest BCUT2D eigenvalue weighted by Gasteiger charge is -2.24. The lowest BCUT2D eigenvalue weighted by molar-refractivity contribution is 0.183. The van der Waals surface area contributed by atoms with Gasteiger partial charge in [0.2, 0.25) is 0 Å². The van der Waals surface area contributed by atoms with Crippen molar-refractivity contribution in [1.29, 1.82) is 0 Å². The van der Waals surface area contributed by atoms with Crippen molar-refractivity contribution in [1.82, 2.24) is 5.32 Å². The van der Waals surface area contributed by atoms with Crippen LogP contribution in [-0.2, 0) is 0 Å². The van der Waals surface area contributed by atoms with Crippen LogP contribution in [0.4, 0.5) is 4.39 Å². The number of hydrogen-bond acceptors (Lipinski definition) is 2. The topological polar surface area (TPSA) is 32.3 Å². The second kappa shape index (κ2) is 5.23. The van der Waals surface area contributed by atoms with Crippen molar-refractivity contribution in [2.24, 2.45) is 0 Å². The summed E-state index contributed by atoms with van der Waals surface area (Å²) in [6.45, 7) is 6.66. The highest BCUT2D eigenvalue weighted by Gasteiger charge is 2.22. The molecular weight excluding hydrogens is 188 g/mol. The summed E-state index contributed by atoms with van der Waals surface area (Å²) in [6.07, 6.45) is 0.596. The molecule has 2 atom stereocenters. The van der Waals surface area contributed by atoms with Crippen LogP contribution >= 0.6 is 9.24 Å². The van der Waals surface area contributed by atoms with Crippen LogP contribution < -0.4 is 5.32 Å². The van der Waals surface area contributed by atoms with Gasteiger partial charge in [-0.3, -0.25) is 0 Å². The zero-order valence-electron chi connectivity index (χ0n) is 8.73. The fraction of sp³-hybridized carbons (Fsp3) is 1.00. The molecule has 0 saturated heterocycles. The first-order valence-electron chi connectivity index (χ1n) is 4.60. The molecule has 2 N–H and O–H groups in total. The van der Waals surface area contributed by atoms with Gasteiger partial charge in [-0.25, -0.2) is 4.39 Å². The second-order valence-electron chi connectivity index (χ2n) is 4.44. The number of halogens is 1. The third-order valence-corrected chi connectivity index (χ3v) is 2.30. The maximum atomic E-state index is 13.4. The van der Waals surface area contributed by atoms with E-state index in [1.54, 1.807) is 0 Å². The van der Waals surface area contributed by atoms with E-state index < -0.39 is 5.41 Å². The molecule has 0 aromatic rings. The van der Waals surface area contributed by atoms with Gasteiger partial charge >= 0.3 is 0 Å². The number of alkyl halides is 1. The van der Waals surface area contributed by atoms with Crippen LogP contribution in [0.3, 0.4) is 0 Å². The Morgan fingerprint density at radius 2 is 1.85 bits per heavy atom. The molecule has 0 saturated carbocycles. The van der Waals surface area contributed by atoms with Gasteiger partial charge in [-0.2, -0.15) is 0 Å². The third kappa shape index (κ3) is 8.61. The van der Waals surface area contributed by atoms with Gasteiger partial charge in [0.15, 0.2) is 0 Å². The molecule has 0 bridgehead atoms. The van der Waals surface area contributed by atoms with E-state index in [1.165, 1.54) is 0 Å². The Morgan fingerprint density at radius 3 is 2.23 bits per heavy atom. The van der Waals surface area contributed by atoms with Gasteiger partial charge in [0.1, 0.15) is 5.41 Å². The summed E-state index contributed by atoms with van der Waals surface area (Å²) >= 11 is 0. The molecule has 80 valence electrons. The molecule has 0 heterocycles. The van der Waals surface area contributed by atoms with Crippen molar-refractivity contribution in [2.75, 3.05) is 13.2 Å². The molecule has 0 spiro atoms. The summed E-state index contributed by atoms with van der Waals surface area (Å²) in [4.78, 5) is 0. The van der Waals surface area contributed by atoms with E-state index in [0.29, 0.717) is 13.0 Å². The number of hydrogen-bond donors (Lipinski definition) is 2. The first-order chi connectivity index (χ1) is 5.77. The van der Waals surface area contributed by atoms with E-state index in [2.05, 4.69) is 14.6 Å². The first kappa shape index (κ1) is 13.3. The average molecular weight is 209 g/mol. The predicted molar refractivity (Wildman–Crippen MR) is 57.6 cm³/mol. The minimum absolute atomic E-state index is 0.0277. The van der Waals surface area contributed by atoms with Crippen LogP contribution in [0.5, 0.6) is 0 Å². The van der Waals surface area contributed by atoms with Gasteiger partial charge in [-0.1, -0.05) is 9.24 Å². The molecule has 2 nitrogen and oxygen atoms in total. The average Bonchev–Trinajstić information content (AvgIpc) is 1.82. The summed E-state index contributed by atoms with van der Waals surface area (Å²) in [5.74, 6) is 0. The summed E-state index contributed by atoms with van der Waals surface area (Å²) < 4.78 is 13.4. The van der Waals surface area contributed by atoms with Crippen molar-refractivity contribution >= 4 is 9.24 Å². The SMILES string of the molecule is CC(C)(C)NCCC(F)(P)CCO. The van der Waals surface area contributed by atoms with Gasteiger partial charge in [0.25, 0.3) is 0 Å². The highest BCUT2D eigenvalue weighted by atomic mass is 31.0. The zero-order valence-corrected chi connectivity index (χ0v) is 9.89. The summed E-state index contributed by atoms with van der Waals surface area (Å²) in [5, 5.41) is 10.5. The van der Waals surface area contributed by atoms with Gasteiger partial charge in [0, 0.05) is 18.6 Å². The van der Waals surface area contributed by atoms with E-state index in [1.807, 2.05) is 20.8 Å². The Hall–Kier alpha value is 0.280. The second-order valence-corrected chi connectivity index (χ2v) is 5.47. The minimum atomic E-state index is -1.33. The molecule has 2 unspecified atom stereocenters. The van der Waals surface area contributed by atoms with E-state index in [9.17, 15) is 4.39 Å². The largest absolute Gasteiger partial charge is 0.396 e. The minimum Gasteiger partial charge on any atom is -0.396 e. The van der Waals surface area contributed by atoms with Crippen LogP contribution in [-0.4, -0.2) is 29.2 Å². The van der Waals surface area contributed by atoms with Crippen LogP contribution in [0.15, 0.2) is 0 Å². The van der Waals surface area contributed by atoms with Crippen LogP contribution in [0.1, 0.15) is 33.6 Å². The highest BCUT2D eigenvalue weighted by molar-refractivity contribution is 7.18. The monoisotopic (exact) mass is 209 g/mol. The molecule has 0 amide bonds. The van der Waals surface area contributed by atoms with Crippen molar-refractivity contribution in [3.63, 3.8) is 0 Å². The molecule has 13 heavy (non-hydrogen) atoms. The van der Waals surface area contributed by atoms with Crippen molar-refractivity contribution in [3.8, 4) is 0 Å². The smallest absolute Gasteiger partial charge is 0.127 e. The first-order valence-corrected chi connectivity index (χ1v) is 5.18. The van der Waals surface area contributed by atoms with Gasteiger partial charge in [0.05, 0.1) is 0 Å². The quantitative estimate of drug-likeness (QED) is 0.675. The molecule has 0 aliphatic heterocycles. The number of aliphatic hydroxyl groups is 1. The molecule has 0 aromatic carbocycles. The number of rotatable bonds is 5. The number of aliphatic hydroxyl groups excluding tert-OH is 1. The molecule has 0 aliphatic rings. The fourth-order valence-corrected chi connectivity index (χ4v) is 1.23. The Morgan fingerprint density at radius 1 is 1.31 bits per heavy atom. The van der Waals surface area contributed by atoms with Gasteiger partial charge < -0.3 is 10.4 Å². The van der Waals surface area contributed by atoms with Crippen molar-refractivity contribution < 1.29 is 9.50 Å². The van der Waals surface area contributed by atoms with Crippen molar-refractivity contribution in [2.45, 2.75) is 44.6 Å². The summed E-state index contributed by atoms with van der Waals surface area (Å²) in [7, 11) is 2.16. The van der Waals surface area contributed by atoms with E-state index in [-0.39, 0.29) is 18.6 Å². The fourth-order valence-electron chi connectivity index (χ4n) is 0.956. The number of nitrogens with one attached hydrogen (secondary N) is 1. The summed E-state index contributed by atoms with van der Waals surface area (Å²) in [6, 6.07) is 0. The lowest BCUT2D eigenvalue weighted by Crippen LogP contribution is -2.38. The highest BCUT2D eigenvalue weighted by Crippen LogP contribution is 2.27. The van der Waals surface area contributed by atoms with E-state index in [0.717, 1.165) is 0 Å². The lowest BCUT2D eigenvalue weighted by atomic mass is 10.1. The molecule has 4 heteroatoms. The Kier molecular flexibility index (Phi) is 5.35. The van der Waals surface area contributed by atoms with Gasteiger partial charge in [-0.15, -0.1) is 0 Å². The third-order valence-electron chi connectivity index (χ3n) is 1.72. The van der Waals surface area contributed by atoms with Crippen LogP contribution in [0, 0.1) is 0 Å². The van der Waals surface area contributed by atoms with Crippen LogP contribution in [0.2, 0.25) is 0 Å². The zero-order chi connectivity index (χ0) is 10.5. The Labute approximate surface area is 82.5 Å². The standard InChI is InChI=1S/C9H21FNOP/c1-8(2,3)11-6-4-9(10,13)5-7-12/h11-12H,4-7,13H2,1-3H3. The molecular formula is C9H21FNOP. The summed E-state index contributed by atoms with van der Waals surface area (Å²) in [5.41, 5.74) is 0.0277. The van der Waals surface area contributed by atoms with E-state index in [4.69, 9.17) is 5.11 Å². The molecule has 0 rings (SSSR count). The predicted octanol–water partition coefficient (Wildman–Crippen LogP) is 1.69. The Balaban J connectivity index is 3.63. The molecule has 0 aromatic heterocycles. The molecule has 0 radical (unpaired) electrons. The van der Waals surface area contributed by atoms with Gasteiger partial charge in [-0.05, 0) is 33.7 Å². The maximum Gasteiger partial charge on any atom is 0.127 e. The Bertz CT molecular complexity index is 145. The van der Waals surface area contributed by atoms with Crippen molar-refractivity contribution in [3.05, 3.63) is 0 Å². The normalized spacial score (nSPS) is 17.1. The van der Waals surface area contributed by atoms with E-state index >= 15 is 0 Å². The molecule has 0 fully saturated rings. The van der Waals surface area contributed by atoms with Crippen LogP contribution in [0.25, 0.3) is 0 Å². The maximum absolute atomic E-state index is 13.4.